The van der Waals surface area contributed by atoms with E-state index in [1.807, 2.05) is 31.2 Å². The zero-order valence-corrected chi connectivity index (χ0v) is 13.6. The number of hydrogen-bond acceptors (Lipinski definition) is 4. The molecule has 0 heterocycles. The smallest absolute Gasteiger partial charge is 0.262 e. The van der Waals surface area contributed by atoms with E-state index in [1.165, 1.54) is 12.3 Å². The van der Waals surface area contributed by atoms with Crippen molar-refractivity contribution in [3.63, 3.8) is 0 Å². The number of carbonyl (C=O) groups is 1. The molecule has 0 saturated carbocycles. The van der Waals surface area contributed by atoms with Crippen molar-refractivity contribution >= 4 is 17.8 Å². The summed E-state index contributed by atoms with van der Waals surface area (Å²) in [4.78, 5) is 12.2. The molecule has 2 aromatic carbocycles. The van der Waals surface area contributed by atoms with Crippen molar-refractivity contribution in [2.24, 2.45) is 5.10 Å². The molecule has 1 atom stereocenters. The lowest BCUT2D eigenvalue weighted by atomic mass is 10.2. The fraction of sp³-hybridized carbons (Fsp3) is 0.222. The Hall–Kier alpha value is -2.89. The van der Waals surface area contributed by atoms with Crippen LogP contribution in [0.3, 0.4) is 0 Å². The van der Waals surface area contributed by atoms with Gasteiger partial charge in [-0.2, -0.15) is 5.10 Å². The minimum atomic E-state index is -0.448. The summed E-state index contributed by atoms with van der Waals surface area (Å²) in [5.74, 6) is 0.0624. The predicted molar refractivity (Wildman–Crippen MR) is 92.8 cm³/mol. The molecule has 0 radical (unpaired) electrons. The molecule has 1 amide bonds. The molecule has 24 heavy (non-hydrogen) atoms. The van der Waals surface area contributed by atoms with Gasteiger partial charge in [0.1, 0.15) is 17.6 Å². The summed E-state index contributed by atoms with van der Waals surface area (Å²) >= 11 is 0. The number of hydrazone groups is 1. The summed E-state index contributed by atoms with van der Waals surface area (Å²) in [5.41, 5.74) is 3.54. The molecular formula is C18H20FN3O2. The van der Waals surface area contributed by atoms with Crippen LogP contribution in [-0.2, 0) is 4.79 Å². The van der Waals surface area contributed by atoms with Crippen molar-refractivity contribution in [2.75, 3.05) is 12.4 Å². The highest BCUT2D eigenvalue weighted by molar-refractivity contribution is 5.86. The number of methoxy groups -OCH3 is 1. The highest BCUT2D eigenvalue weighted by atomic mass is 19.1. The number of halogens is 1. The molecule has 0 spiro atoms. The summed E-state index contributed by atoms with van der Waals surface area (Å²) < 4.78 is 18.6. The highest BCUT2D eigenvalue weighted by Gasteiger charge is 2.15. The van der Waals surface area contributed by atoms with Crippen LogP contribution in [-0.4, -0.2) is 25.3 Å². The standard InChI is InChI=1S/C18H20FN3O2/c1-3-17(21-14-8-10-15(24-2)11-9-14)18(23)22-20-12-13-6-4-5-7-16(13)19/h4-12,17,21H,3H2,1-2H3,(H,22,23)/b20-12+. The molecule has 0 saturated heterocycles. The third-order valence-electron chi connectivity index (χ3n) is 3.44. The third-order valence-corrected chi connectivity index (χ3v) is 3.44. The number of benzene rings is 2. The summed E-state index contributed by atoms with van der Waals surface area (Å²) in [7, 11) is 1.60. The first kappa shape index (κ1) is 17.5. The van der Waals surface area contributed by atoms with Crippen LogP contribution < -0.4 is 15.5 Å². The Morgan fingerprint density at radius 3 is 2.58 bits per heavy atom. The number of nitrogens with one attached hydrogen (secondary N) is 2. The molecule has 0 fully saturated rings. The average molecular weight is 329 g/mol. The molecule has 5 nitrogen and oxygen atoms in total. The van der Waals surface area contributed by atoms with Gasteiger partial charge in [-0.3, -0.25) is 4.79 Å². The Kier molecular flexibility index (Phi) is 6.31. The zero-order chi connectivity index (χ0) is 17.4. The highest BCUT2D eigenvalue weighted by Crippen LogP contribution is 2.16. The van der Waals surface area contributed by atoms with Crippen LogP contribution in [0, 0.1) is 5.82 Å². The molecule has 126 valence electrons. The predicted octanol–water partition coefficient (Wildman–Crippen LogP) is 3.18. The molecule has 1 unspecified atom stereocenters. The Labute approximate surface area is 140 Å². The van der Waals surface area contributed by atoms with E-state index in [2.05, 4.69) is 15.8 Å². The SMILES string of the molecule is CCC(Nc1ccc(OC)cc1)C(=O)N/N=C/c1ccccc1F. The van der Waals surface area contributed by atoms with Crippen LogP contribution in [0.5, 0.6) is 5.75 Å². The second-order valence-corrected chi connectivity index (χ2v) is 5.09. The second kappa shape index (κ2) is 8.67. The van der Waals surface area contributed by atoms with Crippen molar-refractivity contribution in [1.29, 1.82) is 0 Å². The van der Waals surface area contributed by atoms with E-state index < -0.39 is 6.04 Å². The molecule has 0 aromatic heterocycles. The van der Waals surface area contributed by atoms with Crippen LogP contribution in [0.4, 0.5) is 10.1 Å². The first-order valence-electron chi connectivity index (χ1n) is 7.62. The Morgan fingerprint density at radius 1 is 1.25 bits per heavy atom. The minimum absolute atomic E-state index is 0.291. The van der Waals surface area contributed by atoms with Gasteiger partial charge in [0, 0.05) is 11.3 Å². The van der Waals surface area contributed by atoms with Crippen LogP contribution in [0.1, 0.15) is 18.9 Å². The Balaban J connectivity index is 1.94. The lowest BCUT2D eigenvalue weighted by Gasteiger charge is -2.16. The lowest BCUT2D eigenvalue weighted by Crippen LogP contribution is -2.36. The van der Waals surface area contributed by atoms with Gasteiger partial charge in [0.15, 0.2) is 0 Å². The maximum Gasteiger partial charge on any atom is 0.262 e. The van der Waals surface area contributed by atoms with Crippen molar-refractivity contribution in [1.82, 2.24) is 5.43 Å². The van der Waals surface area contributed by atoms with Crippen LogP contribution >= 0.6 is 0 Å². The summed E-state index contributed by atoms with van der Waals surface area (Å²) in [5, 5.41) is 6.94. The van der Waals surface area contributed by atoms with E-state index in [9.17, 15) is 9.18 Å². The van der Waals surface area contributed by atoms with Crippen molar-refractivity contribution in [3.05, 3.63) is 59.9 Å². The topological polar surface area (TPSA) is 62.7 Å². The van der Waals surface area contributed by atoms with Gasteiger partial charge in [-0.15, -0.1) is 0 Å². The number of amides is 1. The quantitative estimate of drug-likeness (QED) is 0.606. The molecule has 2 N–H and O–H groups in total. The first-order chi connectivity index (χ1) is 11.6. The van der Waals surface area contributed by atoms with Gasteiger partial charge >= 0.3 is 0 Å². The number of carbonyl (C=O) groups excluding carboxylic acids is 1. The number of hydrogen-bond donors (Lipinski definition) is 2. The summed E-state index contributed by atoms with van der Waals surface area (Å²) in [6.07, 6.45) is 1.86. The van der Waals surface area contributed by atoms with Crippen LogP contribution in [0.2, 0.25) is 0 Å². The lowest BCUT2D eigenvalue weighted by molar-refractivity contribution is -0.121. The van der Waals surface area contributed by atoms with E-state index in [0.717, 1.165) is 11.4 Å². The van der Waals surface area contributed by atoms with E-state index in [0.29, 0.717) is 12.0 Å². The monoisotopic (exact) mass is 329 g/mol. The summed E-state index contributed by atoms with van der Waals surface area (Å²) in [6, 6.07) is 13.0. The van der Waals surface area contributed by atoms with Gasteiger partial charge in [0.05, 0.1) is 13.3 Å². The molecule has 0 bridgehead atoms. The van der Waals surface area contributed by atoms with E-state index >= 15 is 0 Å². The minimum Gasteiger partial charge on any atom is -0.497 e. The Bertz CT molecular complexity index is 702. The first-order valence-corrected chi connectivity index (χ1v) is 7.62. The molecule has 0 aliphatic heterocycles. The van der Waals surface area contributed by atoms with Crippen molar-refractivity contribution in [2.45, 2.75) is 19.4 Å². The molecule has 2 aromatic rings. The fourth-order valence-corrected chi connectivity index (χ4v) is 2.06. The molecule has 0 aliphatic carbocycles. The zero-order valence-electron chi connectivity index (χ0n) is 13.6. The summed E-state index contributed by atoms with van der Waals surface area (Å²) in [6.45, 7) is 1.89. The largest absolute Gasteiger partial charge is 0.497 e. The number of nitrogens with zero attached hydrogens (tertiary/aromatic N) is 1. The van der Waals surface area contributed by atoms with Crippen LogP contribution in [0.25, 0.3) is 0 Å². The van der Waals surface area contributed by atoms with Gasteiger partial charge in [-0.1, -0.05) is 25.1 Å². The number of rotatable bonds is 7. The molecule has 0 aliphatic rings. The van der Waals surface area contributed by atoms with Gasteiger partial charge < -0.3 is 10.1 Å². The van der Waals surface area contributed by atoms with Crippen molar-refractivity contribution < 1.29 is 13.9 Å². The molecule has 6 heteroatoms. The van der Waals surface area contributed by atoms with E-state index in [4.69, 9.17) is 4.74 Å². The maximum atomic E-state index is 13.5. The van der Waals surface area contributed by atoms with E-state index in [-0.39, 0.29) is 11.7 Å². The third kappa shape index (κ3) is 4.81. The average Bonchev–Trinajstić information content (AvgIpc) is 2.61. The van der Waals surface area contributed by atoms with Crippen molar-refractivity contribution in [3.8, 4) is 5.75 Å². The maximum absolute atomic E-state index is 13.5. The normalized spacial score (nSPS) is 12.0. The second-order valence-electron chi connectivity index (χ2n) is 5.09. The van der Waals surface area contributed by atoms with Gasteiger partial charge in [-0.25, -0.2) is 9.82 Å². The van der Waals surface area contributed by atoms with Gasteiger partial charge in [0.25, 0.3) is 5.91 Å². The van der Waals surface area contributed by atoms with Gasteiger partial charge in [0.2, 0.25) is 0 Å². The fourth-order valence-electron chi connectivity index (χ4n) is 2.06. The van der Waals surface area contributed by atoms with Gasteiger partial charge in [-0.05, 0) is 36.8 Å². The number of anilines is 1. The molecular weight excluding hydrogens is 309 g/mol. The number of ether oxygens (including phenoxy) is 1. The van der Waals surface area contributed by atoms with Crippen LogP contribution in [0.15, 0.2) is 53.6 Å². The van der Waals surface area contributed by atoms with E-state index in [1.54, 1.807) is 25.3 Å². The Morgan fingerprint density at radius 2 is 1.96 bits per heavy atom. The molecule has 2 rings (SSSR count).